The van der Waals surface area contributed by atoms with E-state index >= 15 is 0 Å². The molecule has 2 heterocycles. The first kappa shape index (κ1) is 17.2. The molecule has 0 unspecified atom stereocenters. The molecule has 8 heteroatoms. The lowest BCUT2D eigenvalue weighted by atomic mass is 10.1. The van der Waals surface area contributed by atoms with E-state index in [0.29, 0.717) is 33.2 Å². The van der Waals surface area contributed by atoms with Crippen molar-refractivity contribution in [3.05, 3.63) is 40.5 Å². The van der Waals surface area contributed by atoms with E-state index in [-0.39, 0.29) is 6.61 Å². The van der Waals surface area contributed by atoms with Crippen LogP contribution in [0.3, 0.4) is 0 Å². The first-order chi connectivity index (χ1) is 11.6. The molecule has 0 aliphatic rings. The Bertz CT molecular complexity index is 891. The highest BCUT2D eigenvalue weighted by molar-refractivity contribution is 7.98. The lowest BCUT2D eigenvalue weighted by molar-refractivity contribution is 0.311. The van der Waals surface area contributed by atoms with Gasteiger partial charge in [-0.3, -0.25) is 0 Å². The molecule has 0 aliphatic heterocycles. The van der Waals surface area contributed by atoms with E-state index in [0.717, 1.165) is 16.5 Å². The van der Waals surface area contributed by atoms with Crippen molar-refractivity contribution in [1.82, 2.24) is 15.0 Å². The van der Waals surface area contributed by atoms with Crippen molar-refractivity contribution in [2.45, 2.75) is 5.16 Å². The molecule has 0 radical (unpaired) electrons. The molecule has 3 aromatic rings. The number of pyridine rings is 1. The molecule has 0 saturated carbocycles. The van der Waals surface area contributed by atoms with Crippen molar-refractivity contribution >= 4 is 51.8 Å². The number of aromatic nitrogens is 3. The Kier molecular flexibility index (Phi) is 5.40. The maximum atomic E-state index is 9.11. The van der Waals surface area contributed by atoms with Crippen LogP contribution in [0.5, 0.6) is 0 Å². The van der Waals surface area contributed by atoms with Gasteiger partial charge >= 0.3 is 0 Å². The topological polar surface area (TPSA) is 70.9 Å². The van der Waals surface area contributed by atoms with Gasteiger partial charge in [0.05, 0.1) is 11.6 Å². The van der Waals surface area contributed by atoms with Gasteiger partial charge in [-0.2, -0.15) is 0 Å². The molecule has 0 aliphatic carbocycles. The minimum absolute atomic E-state index is 0.00660. The maximum absolute atomic E-state index is 9.11. The molecule has 3 rings (SSSR count). The average Bonchev–Trinajstić information content (AvgIpc) is 2.59. The van der Waals surface area contributed by atoms with Crippen LogP contribution in [0.4, 0.5) is 5.82 Å². The van der Waals surface area contributed by atoms with Crippen LogP contribution >= 0.6 is 35.0 Å². The van der Waals surface area contributed by atoms with Crippen molar-refractivity contribution in [3.63, 3.8) is 0 Å². The number of nitrogens with zero attached hydrogens (tertiary/aromatic N) is 3. The molecule has 24 heavy (non-hydrogen) atoms. The van der Waals surface area contributed by atoms with Gasteiger partial charge in [-0.25, -0.2) is 15.0 Å². The van der Waals surface area contributed by atoms with E-state index in [1.807, 2.05) is 18.4 Å². The van der Waals surface area contributed by atoms with Crippen molar-refractivity contribution in [3.8, 4) is 11.1 Å². The normalized spacial score (nSPS) is 11.0. The second-order valence-corrected chi connectivity index (χ2v) is 6.55. The standard InChI is InChI=1S/C16H14Cl2N4OS/c1-24-16-20-8-9-6-12(11-3-2-10(17)7-13(11)18)15(19-4-5-23)21-14(9)22-16/h2-3,6-8,23H,4-5H2,1H3,(H,19,20,21,22). The molecule has 0 fully saturated rings. The van der Waals surface area contributed by atoms with Crippen LogP contribution in [0.25, 0.3) is 22.2 Å². The molecule has 0 spiro atoms. The summed E-state index contributed by atoms with van der Waals surface area (Å²) in [5.74, 6) is 0.603. The number of halogens is 2. The average molecular weight is 381 g/mol. The second kappa shape index (κ2) is 7.53. The van der Waals surface area contributed by atoms with Crippen LogP contribution in [-0.4, -0.2) is 39.5 Å². The van der Waals surface area contributed by atoms with E-state index in [9.17, 15) is 0 Å². The highest BCUT2D eigenvalue weighted by atomic mass is 35.5. The van der Waals surface area contributed by atoms with Crippen molar-refractivity contribution in [2.75, 3.05) is 24.7 Å². The van der Waals surface area contributed by atoms with Crippen LogP contribution in [-0.2, 0) is 0 Å². The molecule has 124 valence electrons. The quantitative estimate of drug-likeness (QED) is 0.512. The fourth-order valence-electron chi connectivity index (χ4n) is 2.27. The molecule has 0 atom stereocenters. The summed E-state index contributed by atoms with van der Waals surface area (Å²) in [5, 5.41) is 14.8. The third kappa shape index (κ3) is 3.57. The summed E-state index contributed by atoms with van der Waals surface area (Å²) in [4.78, 5) is 13.3. The fraction of sp³-hybridized carbons (Fsp3) is 0.188. The van der Waals surface area contributed by atoms with Gasteiger partial charge in [-0.1, -0.05) is 41.0 Å². The lowest BCUT2D eigenvalue weighted by Gasteiger charge is -2.13. The smallest absolute Gasteiger partial charge is 0.189 e. The number of hydrogen-bond donors (Lipinski definition) is 2. The van der Waals surface area contributed by atoms with Crippen LogP contribution < -0.4 is 5.32 Å². The number of aliphatic hydroxyl groups is 1. The van der Waals surface area contributed by atoms with Crippen LogP contribution in [0.1, 0.15) is 0 Å². The minimum atomic E-state index is -0.00660. The van der Waals surface area contributed by atoms with E-state index in [4.69, 9.17) is 28.3 Å². The number of anilines is 1. The molecule has 0 saturated heterocycles. The monoisotopic (exact) mass is 380 g/mol. The number of aliphatic hydroxyl groups excluding tert-OH is 1. The Morgan fingerprint density at radius 1 is 1.17 bits per heavy atom. The highest BCUT2D eigenvalue weighted by Crippen LogP contribution is 2.35. The first-order valence-corrected chi connectivity index (χ1v) is 9.12. The van der Waals surface area contributed by atoms with Gasteiger partial charge in [-0.05, 0) is 24.5 Å². The van der Waals surface area contributed by atoms with Crippen molar-refractivity contribution < 1.29 is 5.11 Å². The Hall–Kier alpha value is -1.60. The lowest BCUT2D eigenvalue weighted by Crippen LogP contribution is -2.09. The summed E-state index contributed by atoms with van der Waals surface area (Å²) in [6.07, 6.45) is 3.65. The number of nitrogens with one attached hydrogen (secondary N) is 1. The second-order valence-electron chi connectivity index (χ2n) is 4.93. The minimum Gasteiger partial charge on any atom is -0.395 e. The summed E-state index contributed by atoms with van der Waals surface area (Å²) in [5.41, 5.74) is 2.19. The van der Waals surface area contributed by atoms with Gasteiger partial charge in [0.25, 0.3) is 0 Å². The molecule has 2 N–H and O–H groups in total. The van der Waals surface area contributed by atoms with Crippen LogP contribution in [0.15, 0.2) is 35.6 Å². The zero-order valence-electron chi connectivity index (χ0n) is 12.8. The summed E-state index contributed by atoms with van der Waals surface area (Å²) < 4.78 is 0. The summed E-state index contributed by atoms with van der Waals surface area (Å²) in [6, 6.07) is 7.23. The SMILES string of the molecule is CSc1ncc2cc(-c3ccc(Cl)cc3Cl)c(NCCO)nc2n1. The predicted molar refractivity (Wildman–Crippen MR) is 100 cm³/mol. The third-order valence-electron chi connectivity index (χ3n) is 3.35. The highest BCUT2D eigenvalue weighted by Gasteiger charge is 2.13. The Balaban J connectivity index is 2.20. The largest absolute Gasteiger partial charge is 0.395 e. The zero-order valence-corrected chi connectivity index (χ0v) is 15.1. The van der Waals surface area contributed by atoms with Crippen molar-refractivity contribution in [2.24, 2.45) is 0 Å². The summed E-state index contributed by atoms with van der Waals surface area (Å²) in [7, 11) is 0. The molecule has 0 amide bonds. The van der Waals surface area contributed by atoms with Crippen LogP contribution in [0, 0.1) is 0 Å². The number of fused-ring (bicyclic) bond motifs is 1. The summed E-state index contributed by atoms with van der Waals surface area (Å²) >= 11 is 13.8. The van der Waals surface area contributed by atoms with Gasteiger partial charge < -0.3 is 10.4 Å². The number of hydrogen-bond acceptors (Lipinski definition) is 6. The number of thioether (sulfide) groups is 1. The molecule has 0 bridgehead atoms. The zero-order chi connectivity index (χ0) is 17.1. The number of benzene rings is 1. The molecule has 5 nitrogen and oxygen atoms in total. The van der Waals surface area contributed by atoms with Crippen molar-refractivity contribution in [1.29, 1.82) is 0 Å². The van der Waals surface area contributed by atoms with E-state index < -0.39 is 0 Å². The Morgan fingerprint density at radius 2 is 2.00 bits per heavy atom. The van der Waals surface area contributed by atoms with E-state index in [1.165, 1.54) is 11.8 Å². The third-order valence-corrected chi connectivity index (χ3v) is 4.46. The molecule has 1 aromatic carbocycles. The first-order valence-electron chi connectivity index (χ1n) is 7.14. The van der Waals surface area contributed by atoms with Gasteiger partial charge in [0.1, 0.15) is 5.82 Å². The van der Waals surface area contributed by atoms with Crippen LogP contribution in [0.2, 0.25) is 10.0 Å². The van der Waals surface area contributed by atoms with E-state index in [1.54, 1.807) is 18.3 Å². The summed E-state index contributed by atoms with van der Waals surface area (Å²) in [6.45, 7) is 0.366. The van der Waals surface area contributed by atoms with Gasteiger partial charge in [0.2, 0.25) is 0 Å². The fourth-order valence-corrected chi connectivity index (χ4v) is 3.11. The van der Waals surface area contributed by atoms with Gasteiger partial charge in [-0.15, -0.1) is 0 Å². The van der Waals surface area contributed by atoms with Gasteiger partial charge in [0, 0.05) is 34.3 Å². The Morgan fingerprint density at radius 3 is 2.71 bits per heavy atom. The predicted octanol–water partition coefficient (Wildman–Crippen LogP) is 4.12. The number of rotatable bonds is 5. The maximum Gasteiger partial charge on any atom is 0.189 e. The Labute approximate surface area is 153 Å². The molecule has 2 aromatic heterocycles. The van der Waals surface area contributed by atoms with E-state index in [2.05, 4.69) is 20.3 Å². The molecular formula is C16H14Cl2N4OS. The molecular weight excluding hydrogens is 367 g/mol. The van der Waals surface area contributed by atoms with Gasteiger partial charge in [0.15, 0.2) is 10.8 Å².